The number of hydrogen-bond acceptors (Lipinski definition) is 7. The fourth-order valence-corrected chi connectivity index (χ4v) is 3.80. The number of ether oxygens (including phenoxy) is 3. The van der Waals surface area contributed by atoms with Gasteiger partial charge in [-0.1, -0.05) is 6.07 Å². The van der Waals surface area contributed by atoms with Crippen LogP contribution in [0.15, 0.2) is 48.3 Å². The third kappa shape index (κ3) is 4.40. The molecule has 3 aliphatic rings. The third-order valence-electron chi connectivity index (χ3n) is 5.37. The molecule has 0 radical (unpaired) electrons. The van der Waals surface area contributed by atoms with Gasteiger partial charge in [-0.15, -0.1) is 0 Å². The summed E-state index contributed by atoms with van der Waals surface area (Å²) in [5.74, 6) is 2.34. The molecule has 0 fully saturated rings. The van der Waals surface area contributed by atoms with E-state index in [0.717, 1.165) is 59.6 Å². The second-order valence-corrected chi connectivity index (χ2v) is 7.50. The maximum Gasteiger partial charge on any atom is 0.319 e. The number of urea groups is 1. The lowest BCUT2D eigenvalue weighted by Crippen LogP contribution is -2.36. The van der Waals surface area contributed by atoms with Gasteiger partial charge >= 0.3 is 6.03 Å². The molecule has 31 heavy (non-hydrogen) atoms. The lowest BCUT2D eigenvalue weighted by atomic mass is 10.1. The number of benzene rings is 2. The lowest BCUT2D eigenvalue weighted by molar-refractivity contribution is 0.174. The van der Waals surface area contributed by atoms with E-state index in [1.165, 1.54) is 0 Å². The first-order valence-electron chi connectivity index (χ1n) is 10.4. The van der Waals surface area contributed by atoms with Gasteiger partial charge in [-0.3, -0.25) is 0 Å². The van der Waals surface area contributed by atoms with Crippen molar-refractivity contribution in [2.75, 3.05) is 49.9 Å². The Morgan fingerprint density at radius 1 is 1.06 bits per heavy atom. The number of nitrogens with zero attached hydrogens (tertiary/aromatic N) is 1. The average molecular weight is 423 g/mol. The number of nitrogens with one attached hydrogen (secondary N) is 4. The van der Waals surface area contributed by atoms with Gasteiger partial charge < -0.3 is 40.4 Å². The van der Waals surface area contributed by atoms with Crippen molar-refractivity contribution in [3.63, 3.8) is 0 Å². The van der Waals surface area contributed by atoms with Crippen LogP contribution in [0.5, 0.6) is 17.2 Å². The van der Waals surface area contributed by atoms with Crippen LogP contribution in [0.1, 0.15) is 5.56 Å². The summed E-state index contributed by atoms with van der Waals surface area (Å²) in [6.07, 6.45) is 2.69. The highest BCUT2D eigenvalue weighted by Crippen LogP contribution is 2.35. The van der Waals surface area contributed by atoms with E-state index in [9.17, 15) is 4.79 Å². The summed E-state index contributed by atoms with van der Waals surface area (Å²) in [5, 5.41) is 12.3. The highest BCUT2D eigenvalue weighted by Gasteiger charge is 2.20. The molecule has 3 aliphatic heterocycles. The molecule has 0 atom stereocenters. The van der Waals surface area contributed by atoms with E-state index in [0.29, 0.717) is 19.6 Å². The summed E-state index contributed by atoms with van der Waals surface area (Å²) in [6, 6.07) is 11.3. The molecule has 0 aliphatic carbocycles. The summed E-state index contributed by atoms with van der Waals surface area (Å²) in [4.78, 5) is 14.6. The number of carbonyl (C=O) groups excluding carboxylic acids is 1. The van der Waals surface area contributed by atoms with E-state index >= 15 is 0 Å². The summed E-state index contributed by atoms with van der Waals surface area (Å²) in [6.45, 7) is 3.71. The summed E-state index contributed by atoms with van der Waals surface area (Å²) < 4.78 is 16.5. The molecular formula is C22H25N5O4. The standard InChI is InChI=1S/C22H25N5O4/c28-22(24-6-5-15-1-3-20-21(9-15)31-14-30-20)26-16-2-4-19-18(10-16)27(7-8-29-19)12-17-11-23-13-25-17/h1-4,9-11,23,25H,5-8,12-14H2,(H2,24,26,28). The van der Waals surface area contributed by atoms with Crippen LogP contribution >= 0.6 is 0 Å². The molecule has 0 aromatic heterocycles. The molecule has 0 unspecified atom stereocenters. The van der Waals surface area contributed by atoms with Gasteiger partial charge in [0.1, 0.15) is 12.4 Å². The second-order valence-electron chi connectivity index (χ2n) is 7.50. The molecule has 4 N–H and O–H groups in total. The van der Waals surface area contributed by atoms with Gasteiger partial charge in [0, 0.05) is 24.1 Å². The maximum absolute atomic E-state index is 12.4. The van der Waals surface area contributed by atoms with E-state index in [2.05, 4.69) is 26.2 Å². The highest BCUT2D eigenvalue weighted by atomic mass is 16.7. The maximum atomic E-state index is 12.4. The number of amides is 2. The minimum atomic E-state index is -0.242. The zero-order valence-electron chi connectivity index (χ0n) is 17.1. The largest absolute Gasteiger partial charge is 0.490 e. The van der Waals surface area contributed by atoms with Gasteiger partial charge in [-0.2, -0.15) is 0 Å². The molecular weight excluding hydrogens is 398 g/mol. The summed E-state index contributed by atoms with van der Waals surface area (Å²) in [7, 11) is 0. The van der Waals surface area contributed by atoms with Crippen LogP contribution in [0, 0.1) is 0 Å². The van der Waals surface area contributed by atoms with Crippen LogP contribution in [0.25, 0.3) is 0 Å². The van der Waals surface area contributed by atoms with Gasteiger partial charge in [0.05, 0.1) is 25.4 Å². The van der Waals surface area contributed by atoms with Crippen LogP contribution < -0.4 is 40.4 Å². The van der Waals surface area contributed by atoms with E-state index < -0.39 is 0 Å². The molecule has 2 aromatic carbocycles. The van der Waals surface area contributed by atoms with Crippen molar-refractivity contribution in [1.82, 2.24) is 16.0 Å². The Morgan fingerprint density at radius 2 is 1.97 bits per heavy atom. The van der Waals surface area contributed by atoms with Crippen molar-refractivity contribution >= 4 is 17.4 Å². The first kappa shape index (κ1) is 19.2. The van der Waals surface area contributed by atoms with Gasteiger partial charge in [0.2, 0.25) is 6.79 Å². The number of carbonyl (C=O) groups is 1. The summed E-state index contributed by atoms with van der Waals surface area (Å²) in [5.41, 5.74) is 3.91. The van der Waals surface area contributed by atoms with Crippen LogP contribution in [-0.2, 0) is 6.42 Å². The molecule has 9 heteroatoms. The Hall–Kier alpha value is -3.75. The molecule has 0 saturated heterocycles. The molecule has 5 rings (SSSR count). The Balaban J connectivity index is 1.16. The van der Waals surface area contributed by atoms with Crippen LogP contribution in [0.4, 0.5) is 16.2 Å². The lowest BCUT2D eigenvalue weighted by Gasteiger charge is -2.31. The quantitative estimate of drug-likeness (QED) is 0.564. The van der Waals surface area contributed by atoms with Gasteiger partial charge in [-0.25, -0.2) is 4.79 Å². The molecule has 162 valence electrons. The fraction of sp³-hybridized carbons (Fsp3) is 0.318. The van der Waals surface area contributed by atoms with Crippen molar-refractivity contribution in [3.05, 3.63) is 53.9 Å². The molecule has 2 aromatic rings. The second kappa shape index (κ2) is 8.55. The molecule has 0 spiro atoms. The van der Waals surface area contributed by atoms with Gasteiger partial charge in [0.25, 0.3) is 0 Å². The number of rotatable bonds is 6. The van der Waals surface area contributed by atoms with E-state index in [1.807, 2.05) is 42.6 Å². The first-order chi connectivity index (χ1) is 15.2. The summed E-state index contributed by atoms with van der Waals surface area (Å²) >= 11 is 0. The van der Waals surface area contributed by atoms with Gasteiger partial charge in [0.15, 0.2) is 11.5 Å². The van der Waals surface area contributed by atoms with Gasteiger partial charge in [-0.05, 0) is 42.3 Å². The highest BCUT2D eigenvalue weighted by molar-refractivity contribution is 5.90. The molecule has 0 bridgehead atoms. The zero-order chi connectivity index (χ0) is 21.0. The Kier molecular flexibility index (Phi) is 5.30. The predicted octanol–water partition coefficient (Wildman–Crippen LogP) is 1.97. The zero-order valence-corrected chi connectivity index (χ0v) is 17.1. The normalized spacial score (nSPS) is 15.9. The van der Waals surface area contributed by atoms with E-state index in [1.54, 1.807) is 0 Å². The van der Waals surface area contributed by atoms with Crippen molar-refractivity contribution in [1.29, 1.82) is 0 Å². The smallest absolute Gasteiger partial charge is 0.319 e. The first-order valence-corrected chi connectivity index (χ1v) is 10.4. The van der Waals surface area contributed by atoms with Crippen LogP contribution in [-0.4, -0.2) is 45.7 Å². The Labute approximate surface area is 180 Å². The Morgan fingerprint density at radius 3 is 2.87 bits per heavy atom. The predicted molar refractivity (Wildman–Crippen MR) is 117 cm³/mol. The van der Waals surface area contributed by atoms with Crippen molar-refractivity contribution < 1.29 is 19.0 Å². The number of anilines is 2. The molecule has 9 nitrogen and oxygen atoms in total. The number of fused-ring (bicyclic) bond motifs is 2. The van der Waals surface area contributed by atoms with Crippen molar-refractivity contribution in [2.45, 2.75) is 6.42 Å². The minimum absolute atomic E-state index is 0.242. The molecule has 3 heterocycles. The minimum Gasteiger partial charge on any atom is -0.490 e. The Bertz CT molecular complexity index is 1010. The third-order valence-corrected chi connectivity index (χ3v) is 5.37. The van der Waals surface area contributed by atoms with E-state index in [-0.39, 0.29) is 12.8 Å². The molecule has 0 saturated carbocycles. The molecule has 2 amide bonds. The monoisotopic (exact) mass is 423 g/mol. The van der Waals surface area contributed by atoms with Crippen LogP contribution in [0.2, 0.25) is 0 Å². The average Bonchev–Trinajstić information content (AvgIpc) is 3.46. The van der Waals surface area contributed by atoms with Crippen molar-refractivity contribution in [2.24, 2.45) is 0 Å². The topological polar surface area (TPSA) is 96.1 Å². The van der Waals surface area contributed by atoms with Crippen molar-refractivity contribution in [3.8, 4) is 17.2 Å². The van der Waals surface area contributed by atoms with E-state index in [4.69, 9.17) is 14.2 Å². The SMILES string of the molecule is O=C(NCCc1ccc2c(c1)OCO2)Nc1ccc2c(c1)N(CC1=CNCN1)CCO2. The fourth-order valence-electron chi connectivity index (χ4n) is 3.80. The number of hydrogen-bond donors (Lipinski definition) is 4. The van der Waals surface area contributed by atoms with Crippen LogP contribution in [0.3, 0.4) is 0 Å².